The molecule has 0 saturated heterocycles. The third kappa shape index (κ3) is 7.65. The van der Waals surface area contributed by atoms with Crippen LogP contribution in [0.25, 0.3) is 27.6 Å². The summed E-state index contributed by atoms with van der Waals surface area (Å²) in [7, 11) is 3.18. The Morgan fingerprint density at radius 1 is 1.10 bits per heavy atom. The van der Waals surface area contributed by atoms with E-state index in [9.17, 15) is 31.7 Å². The van der Waals surface area contributed by atoms with Crippen LogP contribution < -0.4 is 20.3 Å². The van der Waals surface area contributed by atoms with E-state index in [4.69, 9.17) is 26.1 Å². The minimum absolute atomic E-state index is 0.00620. The van der Waals surface area contributed by atoms with Crippen molar-refractivity contribution in [2.75, 3.05) is 24.7 Å². The molecule has 3 aliphatic rings. The van der Waals surface area contributed by atoms with E-state index < -0.39 is 89.0 Å². The fourth-order valence-electron chi connectivity index (χ4n) is 8.95. The number of methoxy groups -OCH3 is 1. The smallest absolute Gasteiger partial charge is 0.293 e. The molecule has 2 saturated carbocycles. The molecule has 4 atom stereocenters. The highest BCUT2D eigenvalue weighted by atomic mass is 35.5. The zero-order chi connectivity index (χ0) is 44.7. The number of rotatable bonds is 15. The predicted octanol–water partition coefficient (Wildman–Crippen LogP) is 7.09. The Morgan fingerprint density at radius 3 is 2.51 bits per heavy atom. The van der Waals surface area contributed by atoms with Crippen LogP contribution in [0.1, 0.15) is 78.8 Å². The number of hydrogen-bond acceptors (Lipinski definition) is 10. The molecule has 9 rings (SSSR count). The van der Waals surface area contributed by atoms with Gasteiger partial charge in [0.2, 0.25) is 17.6 Å². The molecule has 1 amide bonds. The van der Waals surface area contributed by atoms with Crippen LogP contribution in [0.4, 0.5) is 32.2 Å². The molecular weight excluding hydrogens is 880 g/mol. The van der Waals surface area contributed by atoms with Gasteiger partial charge in [0.25, 0.3) is 17.9 Å². The summed E-state index contributed by atoms with van der Waals surface area (Å²) in [5.41, 5.74) is -2.79. The van der Waals surface area contributed by atoms with Gasteiger partial charge in [0.05, 0.1) is 56.6 Å². The van der Waals surface area contributed by atoms with Crippen LogP contribution in [0.3, 0.4) is 0 Å². The molecule has 4 heterocycles. The van der Waals surface area contributed by atoms with E-state index in [-0.39, 0.29) is 79.9 Å². The van der Waals surface area contributed by atoms with E-state index in [1.165, 1.54) is 42.3 Å². The van der Waals surface area contributed by atoms with Crippen LogP contribution in [-0.4, -0.2) is 70.1 Å². The zero-order valence-electron chi connectivity index (χ0n) is 33.7. The van der Waals surface area contributed by atoms with Crippen molar-refractivity contribution in [3.8, 4) is 11.6 Å². The normalized spacial score (nSPS) is 19.2. The summed E-state index contributed by atoms with van der Waals surface area (Å²) in [5.74, 6) is -8.56. The van der Waals surface area contributed by atoms with Crippen molar-refractivity contribution in [1.29, 1.82) is 0 Å². The second-order valence-electron chi connectivity index (χ2n) is 16.1. The molecule has 0 bridgehead atoms. The third-order valence-corrected chi connectivity index (χ3v) is 12.9. The Labute approximate surface area is 362 Å². The van der Waals surface area contributed by atoms with Gasteiger partial charge in [-0.2, -0.15) is 23.6 Å². The molecular formula is C41H38ClF6N9O5S. The van der Waals surface area contributed by atoms with Crippen LogP contribution >= 0.6 is 11.6 Å². The lowest BCUT2D eigenvalue weighted by Gasteiger charge is -2.40. The van der Waals surface area contributed by atoms with Gasteiger partial charge in [-0.3, -0.25) is 23.5 Å². The van der Waals surface area contributed by atoms with Crippen LogP contribution in [0, 0.1) is 17.6 Å². The Kier molecular flexibility index (Phi) is 10.9. The molecule has 22 heteroatoms. The average Bonchev–Trinajstić information content (AvgIpc) is 3.74. The molecule has 0 radical (unpaired) electrons. The van der Waals surface area contributed by atoms with Gasteiger partial charge in [-0.15, -0.1) is 5.10 Å². The Morgan fingerprint density at radius 2 is 1.84 bits per heavy atom. The maximum Gasteiger partial charge on any atom is 0.293 e. The molecule has 2 fully saturated rings. The Balaban J connectivity index is 1.20. The van der Waals surface area contributed by atoms with Gasteiger partial charge < -0.3 is 19.3 Å². The monoisotopic (exact) mass is 917 g/mol. The molecule has 63 heavy (non-hydrogen) atoms. The van der Waals surface area contributed by atoms with Gasteiger partial charge in [-0.25, -0.2) is 22.5 Å². The summed E-state index contributed by atoms with van der Waals surface area (Å²) in [5, 5.41) is 11.3. The summed E-state index contributed by atoms with van der Waals surface area (Å²) in [6.45, 7) is -0.752. The lowest BCUT2D eigenvalue weighted by molar-refractivity contribution is -0.123. The first kappa shape index (κ1) is 42.9. The number of aromatic nitrogens is 7. The number of carbonyl (C=O) groups is 1. The van der Waals surface area contributed by atoms with Gasteiger partial charge in [-0.05, 0) is 67.5 Å². The van der Waals surface area contributed by atoms with Crippen molar-refractivity contribution >= 4 is 56.6 Å². The van der Waals surface area contributed by atoms with Crippen molar-refractivity contribution < 1.29 is 45.2 Å². The fraction of sp³-hybridized carbons (Fsp3) is 0.415. The van der Waals surface area contributed by atoms with Crippen molar-refractivity contribution in [3.05, 3.63) is 97.8 Å². The zero-order valence-corrected chi connectivity index (χ0v) is 35.3. The van der Waals surface area contributed by atoms with Crippen molar-refractivity contribution in [2.45, 2.75) is 75.0 Å². The van der Waals surface area contributed by atoms with Crippen LogP contribution in [0.15, 0.2) is 47.3 Å². The maximum absolute atomic E-state index is 15.5. The second kappa shape index (κ2) is 16.0. The number of aryl methyl sites for hydroxylation is 1. The molecule has 2 aromatic carbocycles. The average molecular weight is 918 g/mol. The molecule has 4 aromatic heterocycles. The summed E-state index contributed by atoms with van der Waals surface area (Å²) in [6, 6.07) is 6.99. The molecule has 3 aliphatic carbocycles. The van der Waals surface area contributed by atoms with Crippen LogP contribution in [-0.2, 0) is 46.8 Å². The van der Waals surface area contributed by atoms with E-state index in [1.807, 2.05) is 0 Å². The lowest BCUT2D eigenvalue weighted by atomic mass is 9.78. The second-order valence-corrected chi connectivity index (χ2v) is 17.6. The Bertz CT molecular complexity index is 2840. The van der Waals surface area contributed by atoms with Gasteiger partial charge in [0, 0.05) is 50.6 Å². The highest BCUT2D eigenvalue weighted by molar-refractivity contribution is 7.92. The van der Waals surface area contributed by atoms with Gasteiger partial charge in [0.1, 0.15) is 41.6 Å². The van der Waals surface area contributed by atoms with Crippen molar-refractivity contribution in [2.24, 2.45) is 13.0 Å². The number of ether oxygens (including phenoxy) is 2. The fourth-order valence-corrected chi connectivity index (χ4v) is 9.61. The number of pyridine rings is 1. The highest BCUT2D eigenvalue weighted by Crippen LogP contribution is 2.68. The number of hydrogen-bond donors (Lipinski definition) is 2. The number of alkyl halides is 4. The van der Waals surface area contributed by atoms with Crippen molar-refractivity contribution in [3.63, 3.8) is 0 Å². The van der Waals surface area contributed by atoms with Crippen LogP contribution in [0.2, 0.25) is 5.02 Å². The summed E-state index contributed by atoms with van der Waals surface area (Å²) in [6.07, 6.45) is 1.06. The number of fused-ring (bicyclic) bond motifs is 5. The van der Waals surface area contributed by atoms with Gasteiger partial charge >= 0.3 is 0 Å². The van der Waals surface area contributed by atoms with E-state index in [1.54, 1.807) is 7.11 Å². The number of nitrogens with zero attached hydrogens (tertiary/aromatic N) is 7. The largest absolute Gasteiger partial charge is 0.593 e. The number of anilines is 1. The highest BCUT2D eigenvalue weighted by Gasteiger charge is 2.67. The number of benzene rings is 2. The topological polar surface area (TPSA) is 166 Å². The molecule has 0 spiro atoms. The first-order valence-corrected chi connectivity index (χ1v) is 21.8. The standard InChI is InChI=1S/C41H38ClF6N9O5S/c1-55-33-27(7-6-25(42)31(33)37(53-55)54-63(3)60)57-38(51-36-22(39(57)59)5-8-29(50-36)62-12-11-40(61-2)9-4-10-40)26(15-19-13-20(43)16-21(44)14-19)49-28(58)18-56-34-30(32(52-56)35(45)46)23-17-24(23)41(34,47)48/h5-8,13-14,16,23-24,26,35H,4,9-12,15,17-18H2,1-3H3,(H,49,58)(H,53,54). The van der Waals surface area contributed by atoms with E-state index in [0.717, 1.165) is 36.0 Å². The van der Waals surface area contributed by atoms with E-state index in [0.29, 0.717) is 17.2 Å². The molecule has 4 unspecified atom stereocenters. The molecule has 2 N–H and O–H groups in total. The Hall–Kier alpha value is -5.38. The number of halogens is 7. The third-order valence-electron chi connectivity index (χ3n) is 12.1. The quantitative estimate of drug-likeness (QED) is 0.0803. The van der Waals surface area contributed by atoms with Crippen LogP contribution in [0.5, 0.6) is 5.88 Å². The maximum atomic E-state index is 15.5. The predicted molar refractivity (Wildman–Crippen MR) is 219 cm³/mol. The first-order valence-electron chi connectivity index (χ1n) is 19.9. The summed E-state index contributed by atoms with van der Waals surface area (Å²) < 4.78 is 119. The number of nitrogens with one attached hydrogen (secondary N) is 2. The number of amides is 1. The van der Waals surface area contributed by atoms with Gasteiger partial charge in [0.15, 0.2) is 5.65 Å². The summed E-state index contributed by atoms with van der Waals surface area (Å²) >= 11 is 5.06. The molecule has 0 aliphatic heterocycles. The SMILES string of the molecule is COC1(CCOc2ccc3c(=O)n(-c4ccc(Cl)c5c(N[S+](C)[O-])nn(C)c45)c(C(Cc4cc(F)cc(F)c4)NC(=O)Cn4nc(C(F)F)c5c4C(F)(F)C4CC54)nc3n2)CCC1. The first-order chi connectivity index (χ1) is 30.0. The van der Waals surface area contributed by atoms with Crippen molar-refractivity contribution in [1.82, 2.24) is 39.4 Å². The minimum Gasteiger partial charge on any atom is -0.593 e. The minimum atomic E-state index is -3.53. The molecule has 332 valence electrons. The lowest BCUT2D eigenvalue weighted by Crippen LogP contribution is -2.40. The van der Waals surface area contributed by atoms with E-state index >= 15 is 8.78 Å². The summed E-state index contributed by atoms with van der Waals surface area (Å²) in [4.78, 5) is 38.4. The molecule has 14 nitrogen and oxygen atoms in total. The van der Waals surface area contributed by atoms with Gasteiger partial charge in [-0.1, -0.05) is 11.6 Å². The van der Waals surface area contributed by atoms with E-state index in [2.05, 4.69) is 25.2 Å². The number of carbonyl (C=O) groups excluding carboxylic acids is 1. The molecule has 6 aromatic rings.